The Balaban J connectivity index is 1.72. The van der Waals surface area contributed by atoms with Gasteiger partial charge in [0.05, 0.1) is 0 Å². The molecule has 0 saturated carbocycles. The first-order valence-corrected chi connectivity index (χ1v) is 6.98. The third-order valence-electron chi connectivity index (χ3n) is 3.77. The summed E-state index contributed by atoms with van der Waals surface area (Å²) in [5.74, 6) is 1.02. The van der Waals surface area contributed by atoms with Crippen molar-refractivity contribution in [2.24, 2.45) is 5.92 Å². The minimum absolute atomic E-state index is 0.430. The van der Waals surface area contributed by atoms with Crippen LogP contribution in [0.3, 0.4) is 0 Å². The van der Waals surface area contributed by atoms with Gasteiger partial charge in [-0.15, -0.1) is 0 Å². The van der Waals surface area contributed by atoms with Crippen molar-refractivity contribution in [2.75, 3.05) is 20.1 Å². The van der Waals surface area contributed by atoms with Crippen molar-refractivity contribution in [1.29, 1.82) is 0 Å². The molecule has 0 bridgehead atoms. The molecule has 2 rings (SSSR count). The number of piperidine rings is 1. The highest BCUT2D eigenvalue weighted by Crippen LogP contribution is 2.19. The summed E-state index contributed by atoms with van der Waals surface area (Å²) >= 11 is 0. The Bertz CT molecular complexity index is 374. The van der Waals surface area contributed by atoms with Crippen LogP contribution in [0.15, 0.2) is 30.3 Å². The Labute approximate surface area is 110 Å². The van der Waals surface area contributed by atoms with Gasteiger partial charge in [-0.25, -0.2) is 0 Å². The third kappa shape index (κ3) is 4.26. The summed E-state index contributed by atoms with van der Waals surface area (Å²) in [6.45, 7) is 2.28. The molecule has 1 fully saturated rings. The molecule has 0 radical (unpaired) electrons. The van der Waals surface area contributed by atoms with Crippen LogP contribution >= 0.6 is 0 Å². The summed E-state index contributed by atoms with van der Waals surface area (Å²) in [5, 5.41) is 0. The van der Waals surface area contributed by atoms with E-state index < -0.39 is 0 Å². The van der Waals surface area contributed by atoms with Crippen LogP contribution in [-0.2, 0) is 11.2 Å². The van der Waals surface area contributed by atoms with Crippen molar-refractivity contribution < 1.29 is 4.79 Å². The molecule has 1 heterocycles. The second kappa shape index (κ2) is 6.69. The predicted octanol–water partition coefficient (Wildman–Crippen LogP) is 2.92. The molecular formula is C16H23NO. The standard InChI is InChI=1S/C16H23NO/c1-17-11-5-8-15(13-17)12-16(18)10-9-14-6-3-2-4-7-14/h2-4,6-7,15H,5,8-13H2,1H3. The number of carbonyl (C=O) groups is 1. The normalized spacial score (nSPS) is 20.8. The zero-order valence-corrected chi connectivity index (χ0v) is 11.3. The molecule has 0 aliphatic carbocycles. The van der Waals surface area contributed by atoms with E-state index >= 15 is 0 Å². The molecule has 2 nitrogen and oxygen atoms in total. The van der Waals surface area contributed by atoms with E-state index in [4.69, 9.17) is 0 Å². The zero-order valence-electron chi connectivity index (χ0n) is 11.3. The maximum Gasteiger partial charge on any atom is 0.133 e. The smallest absolute Gasteiger partial charge is 0.133 e. The van der Waals surface area contributed by atoms with Gasteiger partial charge in [0.1, 0.15) is 5.78 Å². The molecule has 0 N–H and O–H groups in total. The maximum absolute atomic E-state index is 12.0. The predicted molar refractivity (Wildman–Crippen MR) is 74.6 cm³/mol. The second-order valence-electron chi connectivity index (χ2n) is 5.50. The van der Waals surface area contributed by atoms with Crippen LogP contribution in [0.4, 0.5) is 0 Å². The van der Waals surface area contributed by atoms with Crippen LogP contribution in [0.1, 0.15) is 31.2 Å². The van der Waals surface area contributed by atoms with Crippen LogP contribution in [0.5, 0.6) is 0 Å². The Morgan fingerprint density at radius 1 is 1.33 bits per heavy atom. The highest BCUT2D eigenvalue weighted by molar-refractivity contribution is 5.78. The van der Waals surface area contributed by atoms with Gasteiger partial charge in [0, 0.05) is 19.4 Å². The number of rotatable bonds is 5. The summed E-state index contributed by atoms with van der Waals surface area (Å²) in [7, 11) is 2.15. The molecule has 2 heteroatoms. The molecule has 98 valence electrons. The summed E-state index contributed by atoms with van der Waals surface area (Å²) in [4.78, 5) is 14.3. The number of hydrogen-bond acceptors (Lipinski definition) is 2. The number of hydrogen-bond donors (Lipinski definition) is 0. The molecule has 0 spiro atoms. The maximum atomic E-state index is 12.0. The number of Topliss-reactive ketones (excluding diaryl/α,β-unsaturated/α-hetero) is 1. The lowest BCUT2D eigenvalue weighted by atomic mass is 9.91. The average Bonchev–Trinajstić information content (AvgIpc) is 2.38. The van der Waals surface area contributed by atoms with Crippen molar-refractivity contribution >= 4 is 5.78 Å². The lowest BCUT2D eigenvalue weighted by Crippen LogP contribution is -2.33. The van der Waals surface area contributed by atoms with E-state index in [2.05, 4.69) is 24.1 Å². The van der Waals surface area contributed by atoms with Gasteiger partial charge in [-0.1, -0.05) is 30.3 Å². The third-order valence-corrected chi connectivity index (χ3v) is 3.77. The SMILES string of the molecule is CN1CCCC(CC(=O)CCc2ccccc2)C1. The van der Waals surface area contributed by atoms with Gasteiger partial charge in [-0.2, -0.15) is 0 Å². The van der Waals surface area contributed by atoms with Gasteiger partial charge in [0.15, 0.2) is 0 Å². The Morgan fingerprint density at radius 3 is 2.83 bits per heavy atom. The molecule has 0 aromatic heterocycles. The van der Waals surface area contributed by atoms with Crippen molar-refractivity contribution in [3.05, 3.63) is 35.9 Å². The van der Waals surface area contributed by atoms with Crippen LogP contribution in [0.2, 0.25) is 0 Å². The molecule has 1 atom stereocenters. The van der Waals surface area contributed by atoms with E-state index in [1.807, 2.05) is 18.2 Å². The minimum Gasteiger partial charge on any atom is -0.306 e. The minimum atomic E-state index is 0.430. The number of carbonyl (C=O) groups excluding carboxylic acids is 1. The van der Waals surface area contributed by atoms with Gasteiger partial charge in [-0.05, 0) is 44.3 Å². The van der Waals surface area contributed by atoms with Crippen molar-refractivity contribution in [3.8, 4) is 0 Å². The Kier molecular flexibility index (Phi) is 4.94. The Morgan fingerprint density at radius 2 is 2.11 bits per heavy atom. The summed E-state index contributed by atoms with van der Waals surface area (Å²) in [6.07, 6.45) is 4.83. The quantitative estimate of drug-likeness (QED) is 0.795. The van der Waals surface area contributed by atoms with Crippen LogP contribution < -0.4 is 0 Å². The van der Waals surface area contributed by atoms with Crippen molar-refractivity contribution in [3.63, 3.8) is 0 Å². The van der Waals surface area contributed by atoms with Crippen molar-refractivity contribution in [2.45, 2.75) is 32.1 Å². The van der Waals surface area contributed by atoms with Gasteiger partial charge in [0.25, 0.3) is 0 Å². The summed E-state index contributed by atoms with van der Waals surface area (Å²) in [5.41, 5.74) is 1.27. The van der Waals surface area contributed by atoms with Gasteiger partial charge in [0.2, 0.25) is 0 Å². The molecule has 1 aliphatic rings. The van der Waals surface area contributed by atoms with E-state index in [1.54, 1.807) is 0 Å². The number of aryl methyl sites for hydroxylation is 1. The highest BCUT2D eigenvalue weighted by Gasteiger charge is 2.19. The number of ketones is 1. The number of benzene rings is 1. The molecule has 1 aliphatic heterocycles. The van der Waals surface area contributed by atoms with Gasteiger partial charge < -0.3 is 4.90 Å². The van der Waals surface area contributed by atoms with Crippen LogP contribution in [-0.4, -0.2) is 30.8 Å². The van der Waals surface area contributed by atoms with E-state index in [9.17, 15) is 4.79 Å². The van der Waals surface area contributed by atoms with E-state index in [-0.39, 0.29) is 0 Å². The number of likely N-dealkylation sites (tertiary alicyclic amines) is 1. The van der Waals surface area contributed by atoms with Gasteiger partial charge in [-0.3, -0.25) is 4.79 Å². The molecule has 0 amide bonds. The first-order chi connectivity index (χ1) is 8.74. The van der Waals surface area contributed by atoms with E-state index in [1.165, 1.54) is 24.9 Å². The van der Waals surface area contributed by atoms with E-state index in [0.29, 0.717) is 18.1 Å². The summed E-state index contributed by atoms with van der Waals surface area (Å²) in [6, 6.07) is 10.3. The molecule has 1 unspecified atom stereocenters. The highest BCUT2D eigenvalue weighted by atomic mass is 16.1. The van der Waals surface area contributed by atoms with Crippen molar-refractivity contribution in [1.82, 2.24) is 4.90 Å². The molecular weight excluding hydrogens is 222 g/mol. The fraction of sp³-hybridized carbons (Fsp3) is 0.562. The zero-order chi connectivity index (χ0) is 12.8. The lowest BCUT2D eigenvalue weighted by Gasteiger charge is -2.29. The average molecular weight is 245 g/mol. The molecule has 1 aromatic carbocycles. The Hall–Kier alpha value is -1.15. The molecule has 18 heavy (non-hydrogen) atoms. The van der Waals surface area contributed by atoms with Crippen LogP contribution in [0, 0.1) is 5.92 Å². The molecule has 1 aromatic rings. The summed E-state index contributed by atoms with van der Waals surface area (Å²) < 4.78 is 0. The topological polar surface area (TPSA) is 20.3 Å². The molecule has 1 saturated heterocycles. The second-order valence-corrected chi connectivity index (χ2v) is 5.50. The number of nitrogens with zero attached hydrogens (tertiary/aromatic N) is 1. The fourth-order valence-electron chi connectivity index (χ4n) is 2.79. The van der Waals surface area contributed by atoms with Gasteiger partial charge >= 0.3 is 0 Å². The lowest BCUT2D eigenvalue weighted by molar-refractivity contribution is -0.120. The fourth-order valence-corrected chi connectivity index (χ4v) is 2.79. The monoisotopic (exact) mass is 245 g/mol. The first kappa shape index (κ1) is 13.3. The largest absolute Gasteiger partial charge is 0.306 e. The first-order valence-electron chi connectivity index (χ1n) is 6.98. The van der Waals surface area contributed by atoms with Crippen LogP contribution in [0.25, 0.3) is 0 Å². The van der Waals surface area contributed by atoms with E-state index in [0.717, 1.165) is 19.4 Å².